The maximum atomic E-state index is 12.8. The molecule has 4 nitrogen and oxygen atoms in total. The molecule has 0 radical (unpaired) electrons. The number of nitrogens with one attached hydrogen (secondary N) is 1. The summed E-state index contributed by atoms with van der Waals surface area (Å²) in [6.07, 6.45) is 1.95. The van der Waals surface area contributed by atoms with E-state index in [-0.39, 0.29) is 5.91 Å². The lowest BCUT2D eigenvalue weighted by atomic mass is 10.1. The van der Waals surface area contributed by atoms with Crippen molar-refractivity contribution in [2.75, 3.05) is 5.32 Å². The van der Waals surface area contributed by atoms with E-state index in [1.807, 2.05) is 78.4 Å². The molecule has 4 aromatic rings. The highest BCUT2D eigenvalue weighted by Crippen LogP contribution is 2.28. The number of anilines is 1. The fourth-order valence-electron chi connectivity index (χ4n) is 2.76. The number of thiazole rings is 1. The minimum absolute atomic E-state index is 0.199. The average Bonchev–Trinajstić information content (AvgIpc) is 3.19. The van der Waals surface area contributed by atoms with Gasteiger partial charge < -0.3 is 5.32 Å². The van der Waals surface area contributed by atoms with Crippen molar-refractivity contribution in [1.82, 2.24) is 9.38 Å². The van der Waals surface area contributed by atoms with E-state index in [4.69, 9.17) is 0 Å². The van der Waals surface area contributed by atoms with Gasteiger partial charge >= 0.3 is 0 Å². The Hall–Kier alpha value is -2.92. The minimum Gasteiger partial charge on any atom is -0.321 e. The van der Waals surface area contributed by atoms with E-state index in [2.05, 4.69) is 10.3 Å². The molecule has 0 aliphatic rings. The van der Waals surface area contributed by atoms with E-state index in [0.717, 1.165) is 27.5 Å². The van der Waals surface area contributed by atoms with Gasteiger partial charge in [-0.15, -0.1) is 11.3 Å². The zero-order chi connectivity index (χ0) is 17.4. The summed E-state index contributed by atoms with van der Waals surface area (Å²) in [5.41, 5.74) is 5.34. The van der Waals surface area contributed by atoms with E-state index in [1.54, 1.807) is 0 Å². The highest BCUT2D eigenvalue weighted by molar-refractivity contribution is 7.15. The fraction of sp³-hybridized carbons (Fsp3) is 0.100. The van der Waals surface area contributed by atoms with Crippen LogP contribution in [0.1, 0.15) is 21.6 Å². The standard InChI is InChI=1S/C20H17N3OS/c1-13-3-7-15(8-4-13)18-17(22-20-23(18)11-12-25-20)19(24)21-16-9-5-14(2)6-10-16/h3-12H,1-2H3,(H,21,24). The van der Waals surface area contributed by atoms with Crippen molar-refractivity contribution >= 4 is 27.9 Å². The van der Waals surface area contributed by atoms with Crippen LogP contribution in [-0.2, 0) is 0 Å². The number of nitrogens with zero attached hydrogens (tertiary/aromatic N) is 2. The molecule has 0 unspecified atom stereocenters. The molecule has 5 heteroatoms. The largest absolute Gasteiger partial charge is 0.321 e. The molecule has 2 heterocycles. The van der Waals surface area contributed by atoms with E-state index in [1.165, 1.54) is 16.9 Å². The summed E-state index contributed by atoms with van der Waals surface area (Å²) in [5, 5.41) is 4.92. The Morgan fingerprint density at radius 2 is 1.64 bits per heavy atom. The van der Waals surface area contributed by atoms with Gasteiger partial charge in [-0.1, -0.05) is 47.5 Å². The SMILES string of the molecule is Cc1ccc(NC(=O)c2nc3sccn3c2-c2ccc(C)cc2)cc1. The molecule has 0 spiro atoms. The van der Waals surface area contributed by atoms with Gasteiger partial charge in [0, 0.05) is 22.8 Å². The predicted octanol–water partition coefficient (Wildman–Crippen LogP) is 4.93. The van der Waals surface area contributed by atoms with Crippen molar-refractivity contribution in [2.24, 2.45) is 0 Å². The van der Waals surface area contributed by atoms with Crippen LogP contribution >= 0.6 is 11.3 Å². The number of rotatable bonds is 3. The number of benzene rings is 2. The number of fused-ring (bicyclic) bond motifs is 1. The highest BCUT2D eigenvalue weighted by atomic mass is 32.1. The Kier molecular flexibility index (Phi) is 3.86. The first-order chi connectivity index (χ1) is 12.1. The predicted molar refractivity (Wildman–Crippen MR) is 102 cm³/mol. The van der Waals surface area contributed by atoms with Gasteiger partial charge in [-0.25, -0.2) is 4.98 Å². The molecule has 0 saturated heterocycles. The summed E-state index contributed by atoms with van der Waals surface area (Å²) >= 11 is 1.52. The third-order valence-corrected chi connectivity index (χ3v) is 4.87. The zero-order valence-corrected chi connectivity index (χ0v) is 14.8. The second kappa shape index (κ2) is 6.18. The van der Waals surface area contributed by atoms with Crippen molar-refractivity contribution in [2.45, 2.75) is 13.8 Å². The molecule has 0 atom stereocenters. The molecule has 0 aliphatic carbocycles. The lowest BCUT2D eigenvalue weighted by Crippen LogP contribution is -2.13. The third-order valence-electron chi connectivity index (χ3n) is 4.11. The number of aryl methyl sites for hydroxylation is 2. The van der Waals surface area contributed by atoms with Crippen molar-refractivity contribution in [3.8, 4) is 11.3 Å². The number of imidazole rings is 1. The van der Waals surface area contributed by atoms with Crippen molar-refractivity contribution in [3.63, 3.8) is 0 Å². The first kappa shape index (κ1) is 15.6. The molecule has 4 rings (SSSR count). The molecule has 0 aliphatic heterocycles. The van der Waals surface area contributed by atoms with E-state index < -0.39 is 0 Å². The molecule has 0 fully saturated rings. The Bertz CT molecular complexity index is 1040. The Labute approximate surface area is 149 Å². The van der Waals surface area contributed by atoms with Crippen LogP contribution in [-0.4, -0.2) is 15.3 Å². The number of amides is 1. The molecule has 124 valence electrons. The first-order valence-electron chi connectivity index (χ1n) is 8.02. The fourth-order valence-corrected chi connectivity index (χ4v) is 3.47. The van der Waals surface area contributed by atoms with Crippen LogP contribution in [0.5, 0.6) is 0 Å². The Balaban J connectivity index is 1.77. The molecule has 0 bridgehead atoms. The molecule has 25 heavy (non-hydrogen) atoms. The zero-order valence-electron chi connectivity index (χ0n) is 14.0. The Morgan fingerprint density at radius 3 is 2.32 bits per heavy atom. The normalized spacial score (nSPS) is 11.0. The third kappa shape index (κ3) is 2.94. The summed E-state index contributed by atoms with van der Waals surface area (Å²) in [7, 11) is 0. The molecule has 0 saturated carbocycles. The van der Waals surface area contributed by atoms with Crippen LogP contribution in [0.15, 0.2) is 60.1 Å². The molecule has 2 aromatic carbocycles. The van der Waals surface area contributed by atoms with E-state index in [9.17, 15) is 4.79 Å². The number of carbonyl (C=O) groups excluding carboxylic acids is 1. The summed E-state index contributed by atoms with van der Waals surface area (Å²) in [4.78, 5) is 18.2. The monoisotopic (exact) mass is 347 g/mol. The average molecular weight is 347 g/mol. The lowest BCUT2D eigenvalue weighted by Gasteiger charge is -2.07. The van der Waals surface area contributed by atoms with Crippen LogP contribution in [0, 0.1) is 13.8 Å². The highest BCUT2D eigenvalue weighted by Gasteiger charge is 2.21. The van der Waals surface area contributed by atoms with Gasteiger partial charge in [0.25, 0.3) is 5.91 Å². The quantitative estimate of drug-likeness (QED) is 0.571. The summed E-state index contributed by atoms with van der Waals surface area (Å²) in [5.74, 6) is -0.199. The Morgan fingerprint density at radius 1 is 1.00 bits per heavy atom. The van der Waals surface area contributed by atoms with Gasteiger partial charge in [0.2, 0.25) is 0 Å². The molecular weight excluding hydrogens is 330 g/mol. The van der Waals surface area contributed by atoms with Gasteiger partial charge in [0.15, 0.2) is 10.7 Å². The number of hydrogen-bond donors (Lipinski definition) is 1. The number of carbonyl (C=O) groups is 1. The summed E-state index contributed by atoms with van der Waals surface area (Å²) < 4.78 is 1.97. The smallest absolute Gasteiger partial charge is 0.276 e. The number of hydrogen-bond acceptors (Lipinski definition) is 3. The van der Waals surface area contributed by atoms with Gasteiger partial charge in [-0.3, -0.25) is 9.20 Å². The first-order valence-corrected chi connectivity index (χ1v) is 8.90. The van der Waals surface area contributed by atoms with Crippen LogP contribution in [0.4, 0.5) is 5.69 Å². The van der Waals surface area contributed by atoms with Gasteiger partial charge in [-0.2, -0.15) is 0 Å². The molecule has 1 N–H and O–H groups in total. The van der Waals surface area contributed by atoms with Crippen LogP contribution in [0.3, 0.4) is 0 Å². The van der Waals surface area contributed by atoms with Gasteiger partial charge in [-0.05, 0) is 26.0 Å². The molecular formula is C20H17N3OS. The van der Waals surface area contributed by atoms with Crippen molar-refractivity contribution < 1.29 is 4.79 Å². The molecule has 1 amide bonds. The van der Waals surface area contributed by atoms with Gasteiger partial charge in [0.1, 0.15) is 0 Å². The maximum Gasteiger partial charge on any atom is 0.276 e. The number of aromatic nitrogens is 2. The lowest BCUT2D eigenvalue weighted by molar-refractivity contribution is 0.102. The van der Waals surface area contributed by atoms with E-state index in [0.29, 0.717) is 5.69 Å². The second-order valence-corrected chi connectivity index (χ2v) is 6.92. The summed E-state index contributed by atoms with van der Waals surface area (Å²) in [6, 6.07) is 15.9. The van der Waals surface area contributed by atoms with Crippen LogP contribution in [0.2, 0.25) is 0 Å². The molecule has 2 aromatic heterocycles. The maximum absolute atomic E-state index is 12.8. The second-order valence-electron chi connectivity index (χ2n) is 6.05. The van der Waals surface area contributed by atoms with Crippen LogP contribution < -0.4 is 5.32 Å². The van der Waals surface area contributed by atoms with Crippen LogP contribution in [0.25, 0.3) is 16.2 Å². The van der Waals surface area contributed by atoms with Crippen molar-refractivity contribution in [3.05, 3.63) is 76.9 Å². The topological polar surface area (TPSA) is 46.4 Å². The van der Waals surface area contributed by atoms with E-state index >= 15 is 0 Å². The van der Waals surface area contributed by atoms with Crippen molar-refractivity contribution in [1.29, 1.82) is 0 Å². The van der Waals surface area contributed by atoms with Gasteiger partial charge in [0.05, 0.1) is 5.69 Å². The minimum atomic E-state index is -0.199. The summed E-state index contributed by atoms with van der Waals surface area (Å²) in [6.45, 7) is 4.07.